The summed E-state index contributed by atoms with van der Waals surface area (Å²) in [6.07, 6.45) is 2.05. The molecule has 1 N–H and O–H groups in total. The highest BCUT2D eigenvalue weighted by molar-refractivity contribution is 6.31. The second kappa shape index (κ2) is 5.88. The number of hydrogen-bond acceptors (Lipinski definition) is 3. The minimum Gasteiger partial charge on any atom is -0.453 e. The molecule has 1 aromatic rings. The van der Waals surface area contributed by atoms with Crippen molar-refractivity contribution in [3.8, 4) is 0 Å². The summed E-state index contributed by atoms with van der Waals surface area (Å²) >= 11 is 6.31. The molecule has 3 fully saturated rings. The molecule has 0 aromatic heterocycles. The summed E-state index contributed by atoms with van der Waals surface area (Å²) in [4.78, 5) is 26.3. The molecule has 3 aliphatic rings. The molecule has 1 aliphatic heterocycles. The molecule has 140 valence electrons. The van der Waals surface area contributed by atoms with Crippen LogP contribution in [0, 0.1) is 18.8 Å². The summed E-state index contributed by atoms with van der Waals surface area (Å²) in [5.41, 5.74) is 2.11. The highest BCUT2D eigenvalue weighted by atomic mass is 35.5. The van der Waals surface area contributed by atoms with Gasteiger partial charge in [-0.1, -0.05) is 23.7 Å². The Balaban J connectivity index is 1.39. The minimum atomic E-state index is -0.434. The van der Waals surface area contributed by atoms with Gasteiger partial charge in [-0.2, -0.15) is 0 Å². The first-order valence-corrected chi connectivity index (χ1v) is 9.56. The van der Waals surface area contributed by atoms with Gasteiger partial charge in [0.1, 0.15) is 0 Å². The number of amides is 2. The quantitative estimate of drug-likeness (QED) is 0.880. The van der Waals surface area contributed by atoms with Crippen LogP contribution in [0.15, 0.2) is 18.2 Å². The van der Waals surface area contributed by atoms with Gasteiger partial charge in [-0.25, -0.2) is 4.79 Å². The number of nitrogens with zero attached hydrogens (tertiary/aromatic N) is 1. The molecule has 5 nitrogen and oxygen atoms in total. The lowest BCUT2D eigenvalue weighted by molar-refractivity contribution is -0.140. The van der Waals surface area contributed by atoms with Crippen LogP contribution in [0.25, 0.3) is 0 Å². The number of benzene rings is 1. The predicted molar refractivity (Wildman–Crippen MR) is 99.2 cm³/mol. The number of piperidine rings is 1. The fourth-order valence-corrected chi connectivity index (χ4v) is 5.04. The van der Waals surface area contributed by atoms with Crippen molar-refractivity contribution in [2.75, 3.05) is 20.2 Å². The van der Waals surface area contributed by atoms with Crippen LogP contribution in [-0.2, 0) is 14.9 Å². The van der Waals surface area contributed by atoms with Gasteiger partial charge in [0.2, 0.25) is 5.91 Å². The van der Waals surface area contributed by atoms with Crippen molar-refractivity contribution < 1.29 is 14.3 Å². The zero-order chi connectivity index (χ0) is 18.7. The monoisotopic (exact) mass is 376 g/mol. The van der Waals surface area contributed by atoms with Crippen molar-refractivity contribution in [2.24, 2.45) is 11.8 Å². The summed E-state index contributed by atoms with van der Waals surface area (Å²) < 4.78 is 4.66. The van der Waals surface area contributed by atoms with Gasteiger partial charge in [-0.15, -0.1) is 0 Å². The van der Waals surface area contributed by atoms with Gasteiger partial charge < -0.3 is 15.0 Å². The van der Waals surface area contributed by atoms with Crippen LogP contribution in [0.4, 0.5) is 4.79 Å². The summed E-state index contributed by atoms with van der Waals surface area (Å²) in [5, 5.41) is 3.64. The number of nitrogens with one attached hydrogen (secondary N) is 1. The fraction of sp³-hybridized carbons (Fsp3) is 0.600. The van der Waals surface area contributed by atoms with E-state index in [4.69, 9.17) is 11.6 Å². The molecule has 0 spiro atoms. The van der Waals surface area contributed by atoms with E-state index in [9.17, 15) is 9.59 Å². The van der Waals surface area contributed by atoms with Crippen LogP contribution < -0.4 is 5.32 Å². The van der Waals surface area contributed by atoms with Crippen LogP contribution in [-0.4, -0.2) is 42.6 Å². The molecule has 2 aliphatic carbocycles. The molecule has 4 rings (SSSR count). The average Bonchev–Trinajstić information content (AvgIpc) is 3.15. The van der Waals surface area contributed by atoms with Gasteiger partial charge in [-0.3, -0.25) is 4.79 Å². The summed E-state index contributed by atoms with van der Waals surface area (Å²) in [6, 6.07) is 6.31. The lowest BCUT2D eigenvalue weighted by Gasteiger charge is -2.45. The molecule has 2 saturated carbocycles. The molecule has 26 heavy (non-hydrogen) atoms. The Hall–Kier alpha value is -1.75. The number of carbonyl (C=O) groups excluding carboxylic acids is 2. The molecule has 0 radical (unpaired) electrons. The number of fused-ring (bicyclic) bond motifs is 1. The van der Waals surface area contributed by atoms with Crippen molar-refractivity contribution >= 4 is 23.6 Å². The van der Waals surface area contributed by atoms with Gasteiger partial charge in [0.15, 0.2) is 0 Å². The van der Waals surface area contributed by atoms with Crippen molar-refractivity contribution in [3.05, 3.63) is 34.3 Å². The van der Waals surface area contributed by atoms with Crippen LogP contribution in [0.3, 0.4) is 0 Å². The Morgan fingerprint density at radius 2 is 2.04 bits per heavy atom. The maximum Gasteiger partial charge on any atom is 0.407 e. The van der Waals surface area contributed by atoms with Crippen LogP contribution >= 0.6 is 11.6 Å². The van der Waals surface area contributed by atoms with E-state index in [-0.39, 0.29) is 22.8 Å². The molecule has 1 aromatic carbocycles. The molecule has 2 atom stereocenters. The summed E-state index contributed by atoms with van der Waals surface area (Å²) in [6.45, 7) is 5.59. The van der Waals surface area contributed by atoms with Crippen molar-refractivity contribution in [3.63, 3.8) is 0 Å². The van der Waals surface area contributed by atoms with E-state index in [1.54, 1.807) is 0 Å². The second-order valence-electron chi connectivity index (χ2n) is 8.52. The first-order chi connectivity index (χ1) is 12.3. The maximum atomic E-state index is 12.9. The van der Waals surface area contributed by atoms with Gasteiger partial charge >= 0.3 is 6.09 Å². The summed E-state index contributed by atoms with van der Waals surface area (Å²) in [7, 11) is 1.35. The van der Waals surface area contributed by atoms with E-state index < -0.39 is 6.09 Å². The van der Waals surface area contributed by atoms with E-state index in [1.807, 2.05) is 18.7 Å². The fourth-order valence-electron chi connectivity index (χ4n) is 4.86. The number of carbonyl (C=O) groups is 2. The number of alkyl carbamates (subject to hydrolysis) is 1. The molecule has 2 unspecified atom stereocenters. The lowest BCUT2D eigenvalue weighted by atomic mass is 9.69. The van der Waals surface area contributed by atoms with E-state index in [2.05, 4.69) is 28.3 Å². The molecular formula is C20H25ClN2O3. The van der Waals surface area contributed by atoms with Crippen LogP contribution in [0.1, 0.15) is 37.3 Å². The number of methoxy groups -OCH3 is 1. The van der Waals surface area contributed by atoms with E-state index in [0.29, 0.717) is 18.8 Å². The number of ether oxygens (including phenoxy) is 1. The largest absolute Gasteiger partial charge is 0.453 e. The zero-order valence-corrected chi connectivity index (χ0v) is 16.2. The lowest BCUT2D eigenvalue weighted by Crippen LogP contribution is -2.58. The SMILES string of the molecule is COC(=O)N[C@]1(C)C[C@H](C(=O)N2CC3CC3(c3ccc(C)c(Cl)c3)C2)C1. The topological polar surface area (TPSA) is 58.6 Å². The minimum absolute atomic E-state index is 0.00619. The Bertz CT molecular complexity index is 774. The van der Waals surface area contributed by atoms with Gasteiger partial charge in [-0.05, 0) is 56.2 Å². The third-order valence-electron chi connectivity index (χ3n) is 6.54. The Morgan fingerprint density at radius 3 is 2.69 bits per heavy atom. The van der Waals surface area contributed by atoms with Crippen LogP contribution in [0.5, 0.6) is 0 Å². The molecule has 6 heteroatoms. The smallest absolute Gasteiger partial charge is 0.407 e. The summed E-state index contributed by atoms with van der Waals surface area (Å²) in [5.74, 6) is 0.761. The molecule has 1 saturated heterocycles. The average molecular weight is 377 g/mol. The van der Waals surface area contributed by atoms with E-state index in [1.165, 1.54) is 12.7 Å². The van der Waals surface area contributed by atoms with Gasteiger partial charge in [0.05, 0.1) is 7.11 Å². The van der Waals surface area contributed by atoms with E-state index >= 15 is 0 Å². The highest BCUT2D eigenvalue weighted by Gasteiger charge is 2.62. The zero-order valence-electron chi connectivity index (χ0n) is 15.5. The number of rotatable bonds is 3. The number of likely N-dealkylation sites (tertiary alicyclic amines) is 1. The second-order valence-corrected chi connectivity index (χ2v) is 8.93. The normalized spacial score (nSPS) is 34.7. The van der Waals surface area contributed by atoms with Crippen LogP contribution in [0.2, 0.25) is 5.02 Å². The Labute approximate surface area is 159 Å². The number of hydrogen-bond donors (Lipinski definition) is 1. The van der Waals surface area contributed by atoms with Crippen molar-refractivity contribution in [1.29, 1.82) is 0 Å². The molecular weight excluding hydrogens is 352 g/mol. The molecule has 2 amide bonds. The Morgan fingerprint density at radius 1 is 1.31 bits per heavy atom. The standard InChI is InChI=1S/C20H25ClN2O3/c1-12-4-5-14(6-16(12)21)20-9-15(20)10-23(11-20)17(24)13-7-19(2,8-13)22-18(25)26-3/h4-6,13,15H,7-11H2,1-3H3,(H,22,25)/t13-,15?,19+,20?. The first-order valence-electron chi connectivity index (χ1n) is 9.18. The van der Waals surface area contributed by atoms with Crippen molar-refractivity contribution in [2.45, 2.75) is 44.1 Å². The van der Waals surface area contributed by atoms with Gasteiger partial charge in [0, 0.05) is 35.0 Å². The number of aryl methyl sites for hydroxylation is 1. The highest BCUT2D eigenvalue weighted by Crippen LogP contribution is 2.59. The van der Waals surface area contributed by atoms with E-state index in [0.717, 1.165) is 30.1 Å². The molecule has 0 bridgehead atoms. The first kappa shape index (κ1) is 17.7. The van der Waals surface area contributed by atoms with Crippen molar-refractivity contribution in [1.82, 2.24) is 10.2 Å². The third-order valence-corrected chi connectivity index (χ3v) is 6.94. The predicted octanol–water partition coefficient (Wildman–Crippen LogP) is 3.27. The van der Waals surface area contributed by atoms with Gasteiger partial charge in [0.25, 0.3) is 0 Å². The number of halogens is 1. The third kappa shape index (κ3) is 2.77. The Kier molecular flexibility index (Phi) is 3.99. The maximum absolute atomic E-state index is 12.9. The molecule has 1 heterocycles.